The van der Waals surface area contributed by atoms with Gasteiger partial charge < -0.3 is 9.88 Å². The van der Waals surface area contributed by atoms with E-state index in [2.05, 4.69) is 14.8 Å². The highest BCUT2D eigenvalue weighted by Crippen LogP contribution is 2.27. The van der Waals surface area contributed by atoms with E-state index in [0.29, 0.717) is 0 Å². The molecule has 1 aromatic heterocycles. The predicted molar refractivity (Wildman–Crippen MR) is 84.0 cm³/mol. The number of piperidine rings is 1. The van der Waals surface area contributed by atoms with Gasteiger partial charge in [0.25, 0.3) is 0 Å². The van der Waals surface area contributed by atoms with Crippen LogP contribution in [0.15, 0.2) is 24.5 Å². The summed E-state index contributed by atoms with van der Waals surface area (Å²) in [4.78, 5) is 14.9. The lowest BCUT2D eigenvalue weighted by molar-refractivity contribution is -0.127. The van der Waals surface area contributed by atoms with Crippen molar-refractivity contribution in [2.45, 2.75) is 51.1 Å². The van der Waals surface area contributed by atoms with E-state index >= 15 is 0 Å². The van der Waals surface area contributed by atoms with Crippen molar-refractivity contribution in [3.05, 3.63) is 24.5 Å². The maximum Gasteiger partial charge on any atom is 0.224 e. The van der Waals surface area contributed by atoms with Crippen LogP contribution >= 0.6 is 0 Å². The van der Waals surface area contributed by atoms with Gasteiger partial charge in [-0.05, 0) is 44.4 Å². The second-order valence-electron chi connectivity index (χ2n) is 6.48. The smallest absolute Gasteiger partial charge is 0.224 e. The van der Waals surface area contributed by atoms with E-state index in [1.54, 1.807) is 0 Å². The van der Waals surface area contributed by atoms with E-state index in [1.807, 2.05) is 24.5 Å². The highest BCUT2D eigenvalue weighted by Gasteiger charge is 2.30. The second-order valence-corrected chi connectivity index (χ2v) is 6.48. The molecule has 1 amide bonds. The van der Waals surface area contributed by atoms with Crippen molar-refractivity contribution in [3.8, 4) is 0 Å². The van der Waals surface area contributed by atoms with E-state index in [4.69, 9.17) is 0 Å². The Morgan fingerprint density at radius 3 is 2.62 bits per heavy atom. The predicted octanol–water partition coefficient (Wildman–Crippen LogP) is 2.26. The Morgan fingerprint density at radius 2 is 1.86 bits per heavy atom. The number of rotatable bonds is 5. The molecule has 0 radical (unpaired) electrons. The first-order valence-electron chi connectivity index (χ1n) is 8.45. The summed E-state index contributed by atoms with van der Waals surface area (Å²) >= 11 is 0. The summed E-state index contributed by atoms with van der Waals surface area (Å²) in [7, 11) is 0. The molecule has 1 aromatic rings. The van der Waals surface area contributed by atoms with Crippen LogP contribution in [0.3, 0.4) is 0 Å². The van der Waals surface area contributed by atoms with E-state index < -0.39 is 0 Å². The standard InChI is InChI=1S/C17H27N3O/c21-17(18-9-13-19-10-3-4-11-19)15-6-5-12-20(14-15)16-7-1-2-8-16/h3-4,10-11,15-16H,1-2,5-9,12-14H2,(H,18,21)/t15-/m0/s1. The molecule has 1 atom stereocenters. The van der Waals surface area contributed by atoms with Crippen molar-refractivity contribution in [3.63, 3.8) is 0 Å². The number of carbonyl (C=O) groups is 1. The number of hydrogen-bond acceptors (Lipinski definition) is 2. The van der Waals surface area contributed by atoms with Crippen LogP contribution in [0.2, 0.25) is 0 Å². The zero-order chi connectivity index (χ0) is 14.5. The molecule has 1 aliphatic heterocycles. The molecular formula is C17H27N3O. The molecule has 4 heteroatoms. The largest absolute Gasteiger partial charge is 0.354 e. The van der Waals surface area contributed by atoms with Crippen LogP contribution < -0.4 is 5.32 Å². The zero-order valence-corrected chi connectivity index (χ0v) is 12.8. The van der Waals surface area contributed by atoms with Crippen molar-refractivity contribution in [2.24, 2.45) is 5.92 Å². The summed E-state index contributed by atoms with van der Waals surface area (Å²) in [6, 6.07) is 4.78. The first-order chi connectivity index (χ1) is 10.3. The normalized spacial score (nSPS) is 24.3. The Balaban J connectivity index is 1.43. The molecule has 3 rings (SSSR count). The van der Waals surface area contributed by atoms with E-state index in [9.17, 15) is 4.79 Å². The minimum absolute atomic E-state index is 0.198. The lowest BCUT2D eigenvalue weighted by Crippen LogP contribution is -2.46. The Kier molecular flexibility index (Phi) is 4.96. The van der Waals surface area contributed by atoms with Crippen LogP contribution in [0.25, 0.3) is 0 Å². The van der Waals surface area contributed by atoms with E-state index in [0.717, 1.165) is 32.1 Å². The van der Waals surface area contributed by atoms with Gasteiger partial charge in [0.1, 0.15) is 0 Å². The molecule has 0 unspecified atom stereocenters. The molecule has 0 spiro atoms. The minimum Gasteiger partial charge on any atom is -0.354 e. The molecule has 4 nitrogen and oxygen atoms in total. The van der Waals surface area contributed by atoms with Crippen LogP contribution in [0.5, 0.6) is 0 Å². The quantitative estimate of drug-likeness (QED) is 0.903. The fourth-order valence-electron chi connectivity index (χ4n) is 3.79. The van der Waals surface area contributed by atoms with Gasteiger partial charge in [0, 0.05) is 38.1 Å². The van der Waals surface area contributed by atoms with Gasteiger partial charge in [-0.1, -0.05) is 12.8 Å². The number of likely N-dealkylation sites (tertiary alicyclic amines) is 1. The number of aromatic nitrogens is 1. The number of hydrogen-bond donors (Lipinski definition) is 1. The monoisotopic (exact) mass is 289 g/mol. The summed E-state index contributed by atoms with van der Waals surface area (Å²) in [5.41, 5.74) is 0. The Hall–Kier alpha value is -1.29. The van der Waals surface area contributed by atoms with Crippen LogP contribution in [0.4, 0.5) is 0 Å². The third-order valence-corrected chi connectivity index (χ3v) is 5.00. The van der Waals surface area contributed by atoms with Crippen molar-refractivity contribution in [1.82, 2.24) is 14.8 Å². The van der Waals surface area contributed by atoms with Gasteiger partial charge in [0.2, 0.25) is 5.91 Å². The summed E-state index contributed by atoms with van der Waals surface area (Å²) in [6.45, 7) is 3.75. The fourth-order valence-corrected chi connectivity index (χ4v) is 3.79. The third kappa shape index (κ3) is 3.88. The number of nitrogens with one attached hydrogen (secondary N) is 1. The third-order valence-electron chi connectivity index (χ3n) is 5.00. The molecule has 1 saturated heterocycles. The van der Waals surface area contributed by atoms with Gasteiger partial charge in [0.15, 0.2) is 0 Å². The van der Waals surface area contributed by atoms with Gasteiger partial charge in [-0.25, -0.2) is 0 Å². The molecule has 2 aliphatic rings. The second kappa shape index (κ2) is 7.12. The summed E-state index contributed by atoms with van der Waals surface area (Å²) in [5.74, 6) is 0.453. The molecule has 2 heterocycles. The molecule has 116 valence electrons. The van der Waals surface area contributed by atoms with Gasteiger partial charge in [0.05, 0.1) is 5.92 Å². The van der Waals surface area contributed by atoms with E-state index in [1.165, 1.54) is 38.6 Å². The maximum absolute atomic E-state index is 12.3. The van der Waals surface area contributed by atoms with Crippen molar-refractivity contribution in [1.29, 1.82) is 0 Å². The highest BCUT2D eigenvalue weighted by molar-refractivity contribution is 5.78. The molecule has 1 aliphatic carbocycles. The van der Waals surface area contributed by atoms with E-state index in [-0.39, 0.29) is 11.8 Å². The number of nitrogens with zero attached hydrogens (tertiary/aromatic N) is 2. The average molecular weight is 289 g/mol. The first-order valence-corrected chi connectivity index (χ1v) is 8.45. The molecule has 21 heavy (non-hydrogen) atoms. The van der Waals surface area contributed by atoms with Crippen molar-refractivity contribution >= 4 is 5.91 Å². The lowest BCUT2D eigenvalue weighted by atomic mass is 9.95. The highest BCUT2D eigenvalue weighted by atomic mass is 16.1. The first kappa shape index (κ1) is 14.6. The lowest BCUT2D eigenvalue weighted by Gasteiger charge is -2.36. The van der Waals surface area contributed by atoms with Crippen molar-refractivity contribution < 1.29 is 4.79 Å². The Morgan fingerprint density at radius 1 is 1.10 bits per heavy atom. The SMILES string of the molecule is O=C(NCCn1cccc1)[C@H]1CCCN(C2CCCC2)C1. The van der Waals surface area contributed by atoms with Gasteiger partial charge in [-0.15, -0.1) is 0 Å². The van der Waals surface area contributed by atoms with Crippen molar-refractivity contribution in [2.75, 3.05) is 19.6 Å². The number of carbonyl (C=O) groups excluding carboxylic acids is 1. The van der Waals surface area contributed by atoms with Gasteiger partial charge >= 0.3 is 0 Å². The van der Waals surface area contributed by atoms with Crippen LogP contribution in [-0.2, 0) is 11.3 Å². The van der Waals surface area contributed by atoms with Gasteiger partial charge in [-0.2, -0.15) is 0 Å². The molecule has 1 N–H and O–H groups in total. The molecular weight excluding hydrogens is 262 g/mol. The summed E-state index contributed by atoms with van der Waals surface area (Å²) < 4.78 is 2.10. The summed E-state index contributed by atoms with van der Waals surface area (Å²) in [6.07, 6.45) is 11.7. The van der Waals surface area contributed by atoms with Crippen LogP contribution in [-0.4, -0.2) is 41.1 Å². The fraction of sp³-hybridized carbons (Fsp3) is 0.706. The van der Waals surface area contributed by atoms with Crippen LogP contribution in [0.1, 0.15) is 38.5 Å². The van der Waals surface area contributed by atoms with Crippen LogP contribution in [0, 0.1) is 5.92 Å². The molecule has 1 saturated carbocycles. The molecule has 0 bridgehead atoms. The topological polar surface area (TPSA) is 37.3 Å². The number of amides is 1. The van der Waals surface area contributed by atoms with Gasteiger partial charge in [-0.3, -0.25) is 9.69 Å². The Bertz CT molecular complexity index is 437. The Labute approximate surface area is 127 Å². The average Bonchev–Trinajstić information content (AvgIpc) is 3.21. The maximum atomic E-state index is 12.3. The molecule has 0 aromatic carbocycles. The zero-order valence-electron chi connectivity index (χ0n) is 12.8. The molecule has 2 fully saturated rings. The minimum atomic E-state index is 0.198. The summed E-state index contributed by atoms with van der Waals surface area (Å²) in [5, 5.41) is 3.12.